The zero-order valence-corrected chi connectivity index (χ0v) is 11.5. The molecule has 112 valence electrons. The van der Waals surface area contributed by atoms with Gasteiger partial charge in [-0.1, -0.05) is 19.8 Å². The molecule has 0 aromatic heterocycles. The fourth-order valence-electron chi connectivity index (χ4n) is 2.77. The van der Waals surface area contributed by atoms with Crippen LogP contribution in [0.15, 0.2) is 0 Å². The second-order valence-electron chi connectivity index (χ2n) is 5.40. The van der Waals surface area contributed by atoms with Gasteiger partial charge in [-0.3, -0.25) is 4.79 Å². The average Bonchev–Trinajstić information content (AvgIpc) is 2.31. The van der Waals surface area contributed by atoms with Crippen molar-refractivity contribution < 1.29 is 22.7 Å². The molecule has 1 fully saturated rings. The van der Waals surface area contributed by atoms with E-state index in [-0.39, 0.29) is 18.3 Å². The quantitative estimate of drug-likeness (QED) is 0.655. The second-order valence-corrected chi connectivity index (χ2v) is 5.40. The van der Waals surface area contributed by atoms with E-state index in [9.17, 15) is 18.0 Å². The Bertz CT molecular complexity index is 276. The Labute approximate surface area is 112 Å². The first-order valence-electron chi connectivity index (χ1n) is 7.09. The van der Waals surface area contributed by atoms with Gasteiger partial charge in [0.25, 0.3) is 0 Å². The highest BCUT2D eigenvalue weighted by Crippen LogP contribution is 2.32. The monoisotopic (exact) mass is 280 g/mol. The van der Waals surface area contributed by atoms with Crippen molar-refractivity contribution in [1.82, 2.24) is 0 Å². The van der Waals surface area contributed by atoms with Gasteiger partial charge in [0.15, 0.2) is 0 Å². The molecule has 5 heteroatoms. The lowest BCUT2D eigenvalue weighted by Gasteiger charge is -2.27. The van der Waals surface area contributed by atoms with E-state index in [2.05, 4.69) is 11.7 Å². The molecule has 0 spiro atoms. The van der Waals surface area contributed by atoms with Crippen LogP contribution in [0, 0.1) is 11.8 Å². The van der Waals surface area contributed by atoms with Crippen molar-refractivity contribution in [2.75, 3.05) is 13.2 Å². The maximum absolute atomic E-state index is 11.9. The van der Waals surface area contributed by atoms with Crippen LogP contribution in [0.3, 0.4) is 0 Å². The molecule has 0 aromatic carbocycles. The smallest absolute Gasteiger partial charge is 0.372 e. The van der Waals surface area contributed by atoms with E-state index in [4.69, 9.17) is 0 Å². The van der Waals surface area contributed by atoms with Crippen molar-refractivity contribution in [2.45, 2.75) is 58.0 Å². The molecular formula is C14H23F3O2. The molecule has 2 nitrogen and oxygen atoms in total. The Morgan fingerprint density at radius 3 is 2.68 bits per heavy atom. The van der Waals surface area contributed by atoms with Crippen LogP contribution >= 0.6 is 0 Å². The minimum atomic E-state index is -4.26. The Balaban J connectivity index is 2.18. The first kappa shape index (κ1) is 16.5. The number of carbonyl (C=O) groups is 1. The van der Waals surface area contributed by atoms with Gasteiger partial charge in [-0.15, -0.1) is 0 Å². The predicted molar refractivity (Wildman–Crippen MR) is 66.9 cm³/mol. The normalized spacial score (nSPS) is 24.7. The van der Waals surface area contributed by atoms with Crippen LogP contribution < -0.4 is 0 Å². The van der Waals surface area contributed by atoms with Gasteiger partial charge in [-0.2, -0.15) is 13.2 Å². The number of hydrogen-bond donors (Lipinski definition) is 0. The fourth-order valence-corrected chi connectivity index (χ4v) is 2.77. The highest BCUT2D eigenvalue weighted by molar-refractivity contribution is 5.81. The van der Waals surface area contributed by atoms with Crippen molar-refractivity contribution in [3.05, 3.63) is 0 Å². The maximum atomic E-state index is 11.9. The molecule has 0 aliphatic heterocycles. The lowest BCUT2D eigenvalue weighted by Crippen LogP contribution is -2.25. The molecule has 1 aliphatic carbocycles. The summed E-state index contributed by atoms with van der Waals surface area (Å²) >= 11 is 0. The molecule has 0 radical (unpaired) electrons. The number of alkyl halides is 3. The van der Waals surface area contributed by atoms with Crippen LogP contribution in [0.25, 0.3) is 0 Å². The van der Waals surface area contributed by atoms with Gasteiger partial charge in [0.1, 0.15) is 12.4 Å². The lowest BCUT2D eigenvalue weighted by molar-refractivity contribution is -0.174. The number of Topliss-reactive ketones (excluding diaryl/α,β-unsaturated/α-hetero) is 1. The number of rotatable bonds is 7. The van der Waals surface area contributed by atoms with Gasteiger partial charge < -0.3 is 4.74 Å². The molecule has 0 amide bonds. The summed E-state index contributed by atoms with van der Waals surface area (Å²) in [5, 5.41) is 0. The van der Waals surface area contributed by atoms with Crippen LogP contribution in [0.4, 0.5) is 13.2 Å². The molecule has 0 aromatic rings. The first-order chi connectivity index (χ1) is 8.92. The van der Waals surface area contributed by atoms with Crippen molar-refractivity contribution in [3.63, 3.8) is 0 Å². The molecular weight excluding hydrogens is 257 g/mol. The van der Waals surface area contributed by atoms with E-state index in [1.807, 2.05) is 0 Å². The SMILES string of the molecule is CCCC1CCC(=O)C(CCCOCC(F)(F)F)C1. The van der Waals surface area contributed by atoms with Gasteiger partial charge in [0, 0.05) is 18.9 Å². The summed E-state index contributed by atoms with van der Waals surface area (Å²) in [7, 11) is 0. The van der Waals surface area contributed by atoms with Crippen molar-refractivity contribution in [3.8, 4) is 0 Å². The first-order valence-corrected chi connectivity index (χ1v) is 7.09. The van der Waals surface area contributed by atoms with E-state index in [1.165, 1.54) is 0 Å². The summed E-state index contributed by atoms with van der Waals surface area (Å²) in [5.41, 5.74) is 0. The third kappa shape index (κ3) is 6.95. The summed E-state index contributed by atoms with van der Waals surface area (Å²) in [6.07, 6.45) is 1.74. The van der Waals surface area contributed by atoms with E-state index in [1.54, 1.807) is 0 Å². The Morgan fingerprint density at radius 2 is 2.05 bits per heavy atom. The molecule has 19 heavy (non-hydrogen) atoms. The van der Waals surface area contributed by atoms with Gasteiger partial charge in [-0.25, -0.2) is 0 Å². The molecule has 1 aliphatic rings. The third-order valence-corrected chi connectivity index (χ3v) is 3.68. The van der Waals surface area contributed by atoms with Crippen molar-refractivity contribution in [1.29, 1.82) is 0 Å². The number of hydrogen-bond acceptors (Lipinski definition) is 2. The number of ketones is 1. The third-order valence-electron chi connectivity index (χ3n) is 3.68. The highest BCUT2D eigenvalue weighted by atomic mass is 19.4. The van der Waals surface area contributed by atoms with E-state index >= 15 is 0 Å². The van der Waals surface area contributed by atoms with Crippen LogP contribution in [0.1, 0.15) is 51.9 Å². The molecule has 2 atom stereocenters. The number of carbonyl (C=O) groups excluding carboxylic acids is 1. The second kappa shape index (κ2) is 7.88. The van der Waals surface area contributed by atoms with E-state index in [0.717, 1.165) is 25.7 Å². The van der Waals surface area contributed by atoms with Gasteiger partial charge in [0.05, 0.1) is 0 Å². The van der Waals surface area contributed by atoms with Crippen molar-refractivity contribution >= 4 is 5.78 Å². The molecule has 1 saturated carbocycles. The molecule has 2 unspecified atom stereocenters. The zero-order valence-electron chi connectivity index (χ0n) is 11.5. The van der Waals surface area contributed by atoms with Crippen LogP contribution in [0.5, 0.6) is 0 Å². The fraction of sp³-hybridized carbons (Fsp3) is 0.929. The molecule has 0 heterocycles. The summed E-state index contributed by atoms with van der Waals surface area (Å²) in [6, 6.07) is 0. The van der Waals surface area contributed by atoms with Gasteiger partial charge in [0.2, 0.25) is 0 Å². The van der Waals surface area contributed by atoms with E-state index in [0.29, 0.717) is 25.2 Å². The minimum Gasteiger partial charge on any atom is -0.372 e. The predicted octanol–water partition coefficient (Wildman–Crippen LogP) is 4.13. The maximum Gasteiger partial charge on any atom is 0.411 e. The minimum absolute atomic E-state index is 0.0415. The molecule has 1 rings (SSSR count). The Morgan fingerprint density at radius 1 is 1.32 bits per heavy atom. The Hall–Kier alpha value is -0.580. The topological polar surface area (TPSA) is 26.3 Å². The zero-order chi connectivity index (χ0) is 14.3. The standard InChI is InChI=1S/C14H23F3O2/c1-2-4-11-6-7-13(18)12(9-11)5-3-8-19-10-14(15,16)17/h11-12H,2-10H2,1H3. The highest BCUT2D eigenvalue weighted by Gasteiger charge is 2.29. The number of halogens is 3. The molecule has 0 saturated heterocycles. The van der Waals surface area contributed by atoms with Gasteiger partial charge >= 0.3 is 6.18 Å². The van der Waals surface area contributed by atoms with Crippen LogP contribution in [-0.2, 0) is 9.53 Å². The van der Waals surface area contributed by atoms with E-state index < -0.39 is 12.8 Å². The molecule has 0 N–H and O–H groups in total. The largest absolute Gasteiger partial charge is 0.411 e. The molecule has 0 bridgehead atoms. The van der Waals surface area contributed by atoms with Crippen molar-refractivity contribution in [2.24, 2.45) is 11.8 Å². The van der Waals surface area contributed by atoms with Gasteiger partial charge in [-0.05, 0) is 31.6 Å². The van der Waals surface area contributed by atoms with Crippen LogP contribution in [-0.4, -0.2) is 25.2 Å². The lowest BCUT2D eigenvalue weighted by atomic mass is 9.77. The number of ether oxygens (including phenoxy) is 1. The Kier molecular flexibility index (Phi) is 6.83. The summed E-state index contributed by atoms with van der Waals surface area (Å²) in [4.78, 5) is 11.7. The summed E-state index contributed by atoms with van der Waals surface area (Å²) < 4.78 is 40.1. The van der Waals surface area contributed by atoms with Crippen LogP contribution in [0.2, 0.25) is 0 Å². The summed E-state index contributed by atoms with van der Waals surface area (Å²) in [5.74, 6) is 0.937. The summed E-state index contributed by atoms with van der Waals surface area (Å²) in [6.45, 7) is 1.03. The average molecular weight is 280 g/mol.